The van der Waals surface area contributed by atoms with Gasteiger partial charge in [0, 0.05) is 11.6 Å². The third-order valence-electron chi connectivity index (χ3n) is 2.60. The first kappa shape index (κ1) is 10.7. The molecule has 0 aliphatic rings. The molecule has 0 unspecified atom stereocenters. The summed E-state index contributed by atoms with van der Waals surface area (Å²) in [7, 11) is 0. The molecule has 3 aromatic rings. The highest BCUT2D eigenvalue weighted by molar-refractivity contribution is 5.60. The number of nitrogens with one attached hydrogen (secondary N) is 1. The highest BCUT2D eigenvalue weighted by Crippen LogP contribution is 2.14. The number of hydrogen-bond donors (Lipinski definition) is 2. The van der Waals surface area contributed by atoms with Crippen LogP contribution in [0.25, 0.3) is 17.0 Å². The Kier molecular flexibility index (Phi) is 2.42. The van der Waals surface area contributed by atoms with Crippen molar-refractivity contribution < 1.29 is 5.11 Å². The Morgan fingerprint density at radius 3 is 2.72 bits per heavy atom. The molecule has 0 bridgehead atoms. The molecule has 2 heterocycles. The lowest BCUT2D eigenvalue weighted by Gasteiger charge is -1.99. The maximum absolute atomic E-state index is 11.9. The van der Waals surface area contributed by atoms with E-state index < -0.39 is 0 Å². The van der Waals surface area contributed by atoms with Gasteiger partial charge in [-0.1, -0.05) is 30.3 Å². The van der Waals surface area contributed by atoms with E-state index in [2.05, 4.69) is 15.1 Å². The summed E-state index contributed by atoms with van der Waals surface area (Å²) < 4.78 is 1.21. The van der Waals surface area contributed by atoms with Crippen molar-refractivity contribution in [2.75, 3.05) is 0 Å². The fourth-order valence-corrected chi connectivity index (χ4v) is 1.75. The fraction of sp³-hybridized carbons (Fsp3) is 0.0833. The van der Waals surface area contributed by atoms with Crippen LogP contribution in [-0.2, 0) is 6.61 Å². The molecule has 3 rings (SSSR count). The molecule has 0 atom stereocenters. The van der Waals surface area contributed by atoms with Crippen LogP contribution in [0.5, 0.6) is 0 Å². The molecule has 0 saturated heterocycles. The van der Waals surface area contributed by atoms with Gasteiger partial charge in [-0.3, -0.25) is 9.89 Å². The van der Waals surface area contributed by atoms with Gasteiger partial charge < -0.3 is 5.11 Å². The van der Waals surface area contributed by atoms with Crippen LogP contribution in [0.2, 0.25) is 0 Å². The molecule has 0 aliphatic carbocycles. The van der Waals surface area contributed by atoms with Crippen LogP contribution in [0, 0.1) is 0 Å². The van der Waals surface area contributed by atoms with Crippen LogP contribution in [0.3, 0.4) is 0 Å². The number of H-pyrrole nitrogens is 1. The van der Waals surface area contributed by atoms with Gasteiger partial charge in [0.15, 0.2) is 5.82 Å². The van der Waals surface area contributed by atoms with Crippen molar-refractivity contribution >= 4 is 5.78 Å². The van der Waals surface area contributed by atoms with E-state index in [9.17, 15) is 4.79 Å². The van der Waals surface area contributed by atoms with Crippen molar-refractivity contribution in [3.8, 4) is 11.3 Å². The summed E-state index contributed by atoms with van der Waals surface area (Å²) in [6, 6.07) is 10.8. The molecule has 6 heteroatoms. The van der Waals surface area contributed by atoms with E-state index in [1.165, 1.54) is 10.6 Å². The summed E-state index contributed by atoms with van der Waals surface area (Å²) in [5.41, 5.74) is 1.16. The number of aromatic amines is 1. The zero-order valence-corrected chi connectivity index (χ0v) is 9.37. The molecular formula is C12H10N4O2. The number of aromatic nitrogens is 4. The average molecular weight is 242 g/mol. The van der Waals surface area contributed by atoms with Gasteiger partial charge in [-0.05, 0) is 0 Å². The summed E-state index contributed by atoms with van der Waals surface area (Å²) in [4.78, 5) is 20.2. The van der Waals surface area contributed by atoms with E-state index in [1.807, 2.05) is 30.3 Å². The van der Waals surface area contributed by atoms with E-state index in [0.717, 1.165) is 5.56 Å². The molecule has 18 heavy (non-hydrogen) atoms. The van der Waals surface area contributed by atoms with E-state index in [4.69, 9.17) is 5.11 Å². The first-order valence-electron chi connectivity index (χ1n) is 5.43. The molecular weight excluding hydrogens is 232 g/mol. The standard InChI is InChI=1S/C12H10N4O2/c17-7-10-14-12-13-9(6-11(18)16(12)15-10)8-4-2-1-3-5-8/h1-6,17H,7H2,(H,13,14,15). The van der Waals surface area contributed by atoms with Crippen LogP contribution in [0.4, 0.5) is 0 Å². The van der Waals surface area contributed by atoms with Gasteiger partial charge in [-0.25, -0.2) is 4.98 Å². The third kappa shape index (κ3) is 1.68. The van der Waals surface area contributed by atoms with Crippen LogP contribution >= 0.6 is 0 Å². The smallest absolute Gasteiger partial charge is 0.274 e. The number of hydrogen-bond acceptors (Lipinski definition) is 4. The Labute approximate surface area is 102 Å². The highest BCUT2D eigenvalue weighted by Gasteiger charge is 2.08. The van der Waals surface area contributed by atoms with Crippen LogP contribution < -0.4 is 5.56 Å². The third-order valence-corrected chi connectivity index (χ3v) is 2.60. The molecule has 0 amide bonds. The largest absolute Gasteiger partial charge is 0.388 e. The van der Waals surface area contributed by atoms with Crippen molar-refractivity contribution in [3.05, 3.63) is 52.6 Å². The summed E-state index contributed by atoms with van der Waals surface area (Å²) in [6.45, 7) is -0.260. The zero-order chi connectivity index (χ0) is 12.5. The van der Waals surface area contributed by atoms with E-state index in [1.54, 1.807) is 0 Å². The van der Waals surface area contributed by atoms with E-state index in [-0.39, 0.29) is 17.9 Å². The van der Waals surface area contributed by atoms with Gasteiger partial charge in [0.1, 0.15) is 6.61 Å². The normalized spacial score (nSPS) is 10.9. The number of nitrogens with zero attached hydrogens (tertiary/aromatic N) is 3. The molecule has 2 N–H and O–H groups in total. The van der Waals surface area contributed by atoms with Gasteiger partial charge in [0.05, 0.1) is 5.69 Å². The molecule has 0 aliphatic heterocycles. The fourth-order valence-electron chi connectivity index (χ4n) is 1.75. The second-order valence-corrected chi connectivity index (χ2v) is 3.81. The van der Waals surface area contributed by atoms with Crippen LogP contribution in [0.1, 0.15) is 5.82 Å². The molecule has 90 valence electrons. The molecule has 0 radical (unpaired) electrons. The Hall–Kier alpha value is -2.47. The minimum atomic E-state index is -0.260. The number of benzene rings is 1. The summed E-state index contributed by atoms with van der Waals surface area (Å²) in [5, 5.41) is 11.7. The first-order chi connectivity index (χ1) is 8.78. The van der Waals surface area contributed by atoms with E-state index in [0.29, 0.717) is 11.5 Å². The highest BCUT2D eigenvalue weighted by atomic mass is 16.3. The molecule has 0 fully saturated rings. The lowest BCUT2D eigenvalue weighted by Crippen LogP contribution is -2.14. The van der Waals surface area contributed by atoms with Crippen LogP contribution in [0.15, 0.2) is 41.2 Å². The van der Waals surface area contributed by atoms with Gasteiger partial charge in [0.25, 0.3) is 11.3 Å². The number of fused-ring (bicyclic) bond motifs is 1. The maximum atomic E-state index is 11.9. The molecule has 2 aromatic heterocycles. The van der Waals surface area contributed by atoms with Crippen molar-refractivity contribution in [1.29, 1.82) is 0 Å². The lowest BCUT2D eigenvalue weighted by molar-refractivity contribution is 0.271. The lowest BCUT2D eigenvalue weighted by atomic mass is 10.1. The molecule has 1 aromatic carbocycles. The molecule has 0 saturated carbocycles. The topological polar surface area (TPSA) is 83.3 Å². The zero-order valence-electron chi connectivity index (χ0n) is 9.37. The number of rotatable bonds is 2. The summed E-state index contributed by atoms with van der Waals surface area (Å²) in [5.74, 6) is 0.565. The number of aliphatic hydroxyl groups is 1. The maximum Gasteiger partial charge on any atom is 0.274 e. The Morgan fingerprint density at radius 1 is 1.22 bits per heavy atom. The number of aliphatic hydroxyl groups excluding tert-OH is 1. The van der Waals surface area contributed by atoms with Crippen molar-refractivity contribution in [3.63, 3.8) is 0 Å². The van der Waals surface area contributed by atoms with Crippen molar-refractivity contribution in [2.24, 2.45) is 0 Å². The van der Waals surface area contributed by atoms with Gasteiger partial charge >= 0.3 is 0 Å². The van der Waals surface area contributed by atoms with E-state index >= 15 is 0 Å². The molecule has 0 spiro atoms. The Morgan fingerprint density at radius 2 is 2.00 bits per heavy atom. The summed E-state index contributed by atoms with van der Waals surface area (Å²) in [6.07, 6.45) is 0. The Bertz CT molecular complexity index is 746. The molecule has 6 nitrogen and oxygen atoms in total. The van der Waals surface area contributed by atoms with Gasteiger partial charge in [-0.15, -0.1) is 0 Å². The van der Waals surface area contributed by atoms with Gasteiger partial charge in [-0.2, -0.15) is 9.50 Å². The van der Waals surface area contributed by atoms with Gasteiger partial charge in [0.2, 0.25) is 0 Å². The predicted octanol–water partition coefficient (Wildman–Crippen LogP) is 0.577. The monoisotopic (exact) mass is 242 g/mol. The minimum absolute atomic E-state index is 0.255. The van der Waals surface area contributed by atoms with Crippen LogP contribution in [-0.4, -0.2) is 24.7 Å². The first-order valence-corrected chi connectivity index (χ1v) is 5.43. The Balaban J connectivity index is 2.24. The second kappa shape index (κ2) is 4.08. The van der Waals surface area contributed by atoms with Crippen molar-refractivity contribution in [2.45, 2.75) is 6.61 Å². The average Bonchev–Trinajstić information content (AvgIpc) is 2.83. The minimum Gasteiger partial charge on any atom is -0.388 e. The quantitative estimate of drug-likeness (QED) is 0.688. The predicted molar refractivity (Wildman–Crippen MR) is 65.0 cm³/mol. The van der Waals surface area contributed by atoms with Crippen molar-refractivity contribution in [1.82, 2.24) is 19.6 Å². The SMILES string of the molecule is O=c1cc(-c2ccccc2)nc2nc(CO)[nH]n12. The summed E-state index contributed by atoms with van der Waals surface area (Å²) >= 11 is 0. The second-order valence-electron chi connectivity index (χ2n) is 3.81.